The molecule has 24 heavy (non-hydrogen) atoms. The topological polar surface area (TPSA) is 187 Å². The Hall–Kier alpha value is -1.05. The van der Waals surface area contributed by atoms with Crippen LogP contribution in [-0.4, -0.2) is 126 Å². The van der Waals surface area contributed by atoms with E-state index in [4.69, 9.17) is 4.74 Å². The van der Waals surface area contributed by atoms with Crippen LogP contribution in [0.15, 0.2) is 4.99 Å². The molecule has 138 valence electrons. The summed E-state index contributed by atoms with van der Waals surface area (Å²) in [4.78, 5) is 5.29. The summed E-state index contributed by atoms with van der Waals surface area (Å²) >= 11 is 0. The first-order valence-electron chi connectivity index (χ1n) is 7.61. The molecule has 9 atom stereocenters. The van der Waals surface area contributed by atoms with Gasteiger partial charge in [-0.2, -0.15) is 0 Å². The molecule has 1 saturated carbocycles. The van der Waals surface area contributed by atoms with Gasteiger partial charge < -0.3 is 50.5 Å². The Morgan fingerprint density at radius 3 is 2.33 bits per heavy atom. The molecule has 8 N–H and O–H groups in total. The summed E-state index contributed by atoms with van der Waals surface area (Å²) in [6.45, 7) is -1.64. The van der Waals surface area contributed by atoms with Gasteiger partial charge in [0.15, 0.2) is 6.10 Å². The van der Waals surface area contributed by atoms with Crippen LogP contribution in [0, 0.1) is 0 Å². The molecule has 3 aliphatic rings. The van der Waals surface area contributed by atoms with Gasteiger partial charge in [-0.25, -0.2) is 4.99 Å². The lowest BCUT2D eigenvalue weighted by atomic mass is 9.94. The molecule has 2 fully saturated rings. The van der Waals surface area contributed by atoms with Crippen molar-refractivity contribution in [2.75, 3.05) is 19.8 Å². The molecule has 0 radical (unpaired) electrons. The lowest BCUT2D eigenvalue weighted by Gasteiger charge is -2.43. The molecule has 1 saturated heterocycles. The van der Waals surface area contributed by atoms with Crippen molar-refractivity contribution in [3.05, 3.63) is 0 Å². The average Bonchev–Trinajstić information content (AvgIpc) is 3.08. The van der Waals surface area contributed by atoms with Crippen LogP contribution in [0.3, 0.4) is 0 Å². The van der Waals surface area contributed by atoms with Gasteiger partial charge in [-0.3, -0.25) is 0 Å². The predicted octanol–water partition coefficient (Wildman–Crippen LogP) is -5.67. The number of piperidine rings is 1. The lowest BCUT2D eigenvalue weighted by Crippen LogP contribution is -2.64. The fourth-order valence-electron chi connectivity index (χ4n) is 3.55. The van der Waals surface area contributed by atoms with Crippen LogP contribution in [0.5, 0.6) is 0 Å². The number of aliphatic hydroxyl groups is 8. The van der Waals surface area contributed by atoms with Crippen LogP contribution in [0.4, 0.5) is 0 Å². The van der Waals surface area contributed by atoms with Gasteiger partial charge in [-0.15, -0.1) is 0 Å². The second-order valence-corrected chi connectivity index (χ2v) is 6.47. The number of aliphatic imine (C=N–C) groups is 1. The molecule has 2 heterocycles. The Bertz CT molecular complexity index is 520. The number of nitrogens with zero attached hydrogens (tertiary/aromatic N) is 2. The molecule has 11 heteroatoms. The van der Waals surface area contributed by atoms with Crippen LogP contribution in [0.2, 0.25) is 0 Å². The summed E-state index contributed by atoms with van der Waals surface area (Å²) in [5.41, 5.74) is -2.10. The van der Waals surface area contributed by atoms with E-state index in [2.05, 4.69) is 4.99 Å². The van der Waals surface area contributed by atoms with Gasteiger partial charge in [0.25, 0.3) is 6.02 Å². The van der Waals surface area contributed by atoms with Crippen LogP contribution in [0.25, 0.3) is 0 Å². The number of aliphatic hydroxyl groups excluding tert-OH is 7. The number of fused-ring (bicyclic) bond motifs is 1. The third kappa shape index (κ3) is 2.32. The normalized spacial score (nSPS) is 51.3. The molecule has 0 aromatic rings. The van der Waals surface area contributed by atoms with Crippen molar-refractivity contribution in [1.29, 1.82) is 0 Å². The van der Waals surface area contributed by atoms with Crippen molar-refractivity contribution < 1.29 is 45.6 Å². The summed E-state index contributed by atoms with van der Waals surface area (Å²) in [6, 6.07) is -2.36. The van der Waals surface area contributed by atoms with Gasteiger partial charge in [-0.1, -0.05) is 0 Å². The Morgan fingerprint density at radius 2 is 1.75 bits per heavy atom. The lowest BCUT2D eigenvalue weighted by molar-refractivity contribution is -0.135. The summed E-state index contributed by atoms with van der Waals surface area (Å²) in [5.74, 6) is 0. The molecular formula is C13H22N2O9. The monoisotopic (exact) mass is 350 g/mol. The fourth-order valence-corrected chi connectivity index (χ4v) is 3.55. The maximum Gasteiger partial charge on any atom is 0.288 e. The third-order valence-corrected chi connectivity index (χ3v) is 5.10. The number of rotatable bonds is 2. The number of likely N-dealkylation sites (tertiary alicyclic amines) is 1. The minimum absolute atomic E-state index is 0.174. The van der Waals surface area contributed by atoms with Crippen molar-refractivity contribution >= 4 is 6.02 Å². The largest absolute Gasteiger partial charge is 0.457 e. The molecule has 3 rings (SSSR count). The highest BCUT2D eigenvalue weighted by Gasteiger charge is 2.64. The van der Waals surface area contributed by atoms with Crippen molar-refractivity contribution in [3.8, 4) is 0 Å². The third-order valence-electron chi connectivity index (χ3n) is 5.10. The number of hydrogen-bond acceptors (Lipinski definition) is 11. The molecular weight excluding hydrogens is 328 g/mol. The van der Waals surface area contributed by atoms with Crippen LogP contribution < -0.4 is 0 Å². The van der Waals surface area contributed by atoms with Crippen LogP contribution in [-0.2, 0) is 4.74 Å². The van der Waals surface area contributed by atoms with Crippen molar-refractivity contribution in [2.45, 2.75) is 54.3 Å². The van der Waals surface area contributed by atoms with E-state index in [0.717, 1.165) is 0 Å². The Balaban J connectivity index is 1.88. The van der Waals surface area contributed by atoms with E-state index in [1.54, 1.807) is 0 Å². The first kappa shape index (κ1) is 17.8. The zero-order valence-electron chi connectivity index (χ0n) is 12.6. The number of hydrogen-bond donors (Lipinski definition) is 8. The summed E-state index contributed by atoms with van der Waals surface area (Å²) in [6.07, 6.45) is -8.56. The number of amidine groups is 1. The maximum atomic E-state index is 10.3. The van der Waals surface area contributed by atoms with Gasteiger partial charge in [0, 0.05) is 0 Å². The quantitative estimate of drug-likeness (QED) is 0.238. The van der Waals surface area contributed by atoms with Gasteiger partial charge in [0.05, 0.1) is 25.8 Å². The predicted molar refractivity (Wildman–Crippen MR) is 75.7 cm³/mol. The number of ether oxygens (including phenoxy) is 1. The van der Waals surface area contributed by atoms with Crippen molar-refractivity contribution in [3.63, 3.8) is 0 Å². The summed E-state index contributed by atoms with van der Waals surface area (Å²) < 4.78 is 5.45. The smallest absolute Gasteiger partial charge is 0.288 e. The molecule has 0 aromatic heterocycles. The molecule has 0 bridgehead atoms. The maximum absolute atomic E-state index is 10.3. The first-order valence-corrected chi connectivity index (χ1v) is 7.61. The second-order valence-electron chi connectivity index (χ2n) is 6.47. The highest BCUT2D eigenvalue weighted by Crippen LogP contribution is 2.39. The molecule has 0 aromatic carbocycles. The van der Waals surface area contributed by atoms with Crippen molar-refractivity contribution in [1.82, 2.24) is 4.90 Å². The standard InChI is InChI=1S/C13H22N2O9/c16-2-4-6(19)7(20)5(18)1-15(4)12-14-10-9(24-12)8(21)11(22)13(10,23)3-17/h4-11,16-23H,1-3H2/t4-,5+,6-,7-,8-,9-,10-,11+,13+/m1/s1. The molecule has 0 unspecified atom stereocenters. The Kier molecular flexibility index (Phi) is 4.47. The average molecular weight is 350 g/mol. The minimum atomic E-state index is -2.10. The van der Waals surface area contributed by atoms with Gasteiger partial charge in [0.1, 0.15) is 42.2 Å². The van der Waals surface area contributed by atoms with Gasteiger partial charge >= 0.3 is 0 Å². The fraction of sp³-hybridized carbons (Fsp3) is 0.923. The van der Waals surface area contributed by atoms with Crippen LogP contribution in [0.1, 0.15) is 0 Å². The SMILES string of the molecule is OC[C@@H]1[C@@H](O)[C@H](O)[C@@H](O)CN1C1=N[C@@H]2[C@H](O1)[C@@H](O)[C@H](O)[C@]2(O)CO. The van der Waals surface area contributed by atoms with E-state index in [1.165, 1.54) is 4.90 Å². The summed E-state index contributed by atoms with van der Waals surface area (Å²) in [5, 5.41) is 78.5. The Labute approximate surface area is 136 Å². The van der Waals surface area contributed by atoms with E-state index in [0.29, 0.717) is 0 Å². The van der Waals surface area contributed by atoms with E-state index in [1.807, 2.05) is 0 Å². The van der Waals surface area contributed by atoms with Gasteiger partial charge in [0.2, 0.25) is 0 Å². The zero-order valence-corrected chi connectivity index (χ0v) is 12.6. The molecule has 1 aliphatic carbocycles. The van der Waals surface area contributed by atoms with E-state index in [9.17, 15) is 40.9 Å². The van der Waals surface area contributed by atoms with E-state index < -0.39 is 67.5 Å². The first-order chi connectivity index (χ1) is 11.3. The molecule has 0 spiro atoms. The van der Waals surface area contributed by atoms with E-state index in [-0.39, 0.29) is 12.6 Å². The molecule has 11 nitrogen and oxygen atoms in total. The number of β-amino-alcohol motifs (C(OH)–C–C–N with tert-alkyl or cyclic N) is 1. The highest BCUT2D eigenvalue weighted by molar-refractivity contribution is 5.77. The minimum Gasteiger partial charge on any atom is -0.457 e. The highest BCUT2D eigenvalue weighted by atomic mass is 16.5. The van der Waals surface area contributed by atoms with Crippen molar-refractivity contribution in [2.24, 2.45) is 4.99 Å². The van der Waals surface area contributed by atoms with Gasteiger partial charge in [-0.05, 0) is 0 Å². The second kappa shape index (κ2) is 6.04. The molecule has 0 amide bonds. The Morgan fingerprint density at radius 1 is 1.08 bits per heavy atom. The van der Waals surface area contributed by atoms with E-state index >= 15 is 0 Å². The van der Waals surface area contributed by atoms with Crippen LogP contribution >= 0.6 is 0 Å². The molecule has 2 aliphatic heterocycles. The summed E-state index contributed by atoms with van der Waals surface area (Å²) in [7, 11) is 0. The zero-order chi connectivity index (χ0) is 17.8.